The van der Waals surface area contributed by atoms with Gasteiger partial charge in [0.05, 0.1) is 0 Å². The highest BCUT2D eigenvalue weighted by molar-refractivity contribution is 7.98. The molecule has 3 aromatic rings. The van der Waals surface area contributed by atoms with Crippen molar-refractivity contribution >= 4 is 34.7 Å². The third-order valence-corrected chi connectivity index (χ3v) is 5.42. The summed E-state index contributed by atoms with van der Waals surface area (Å²) in [4.78, 5) is 21.3. The standard InChI is InChI=1S/C20H21N3OS2/c1-13-18(14(2)22-20(21-13)25-3)7-8-19(24)23-17-6-4-5-15(11-17)16-9-10-26-12-16/h4-6,9-12H,7-8H2,1-3H3,(H,23,24). The molecule has 6 heteroatoms. The Bertz CT molecular complexity index is 884. The molecule has 0 unspecified atom stereocenters. The quantitative estimate of drug-likeness (QED) is 0.474. The van der Waals surface area contributed by atoms with Crippen molar-refractivity contribution in [3.8, 4) is 11.1 Å². The van der Waals surface area contributed by atoms with Crippen LogP contribution in [0.2, 0.25) is 0 Å². The van der Waals surface area contributed by atoms with E-state index in [2.05, 4.69) is 38.2 Å². The highest BCUT2D eigenvalue weighted by Gasteiger charge is 2.11. The number of aromatic nitrogens is 2. The van der Waals surface area contributed by atoms with Gasteiger partial charge in [0.1, 0.15) is 0 Å². The minimum absolute atomic E-state index is 0.000196. The number of carbonyl (C=O) groups is 1. The van der Waals surface area contributed by atoms with Gasteiger partial charge in [0.2, 0.25) is 5.91 Å². The second-order valence-electron chi connectivity index (χ2n) is 6.00. The van der Waals surface area contributed by atoms with Gasteiger partial charge in [-0.1, -0.05) is 23.9 Å². The largest absolute Gasteiger partial charge is 0.326 e. The molecule has 0 aliphatic carbocycles. The number of thioether (sulfide) groups is 1. The molecule has 4 nitrogen and oxygen atoms in total. The van der Waals surface area contributed by atoms with Crippen molar-refractivity contribution in [3.63, 3.8) is 0 Å². The zero-order chi connectivity index (χ0) is 18.5. The molecule has 2 heterocycles. The van der Waals surface area contributed by atoms with Gasteiger partial charge in [-0.25, -0.2) is 9.97 Å². The summed E-state index contributed by atoms with van der Waals surface area (Å²) in [5.41, 5.74) is 6.06. The second kappa shape index (κ2) is 8.47. The van der Waals surface area contributed by atoms with Gasteiger partial charge in [-0.15, -0.1) is 0 Å². The molecule has 26 heavy (non-hydrogen) atoms. The lowest BCUT2D eigenvalue weighted by molar-refractivity contribution is -0.116. The molecule has 0 bridgehead atoms. The molecule has 134 valence electrons. The molecule has 1 N–H and O–H groups in total. The van der Waals surface area contributed by atoms with Crippen molar-refractivity contribution in [3.05, 3.63) is 58.0 Å². The monoisotopic (exact) mass is 383 g/mol. The van der Waals surface area contributed by atoms with Crippen LogP contribution in [0.15, 0.2) is 46.2 Å². The summed E-state index contributed by atoms with van der Waals surface area (Å²) in [6.45, 7) is 3.96. The second-order valence-corrected chi connectivity index (χ2v) is 7.55. The van der Waals surface area contributed by atoms with Crippen molar-refractivity contribution in [1.29, 1.82) is 0 Å². The zero-order valence-electron chi connectivity index (χ0n) is 15.1. The number of carbonyl (C=O) groups excluding carboxylic acids is 1. The van der Waals surface area contributed by atoms with Gasteiger partial charge < -0.3 is 5.32 Å². The van der Waals surface area contributed by atoms with Gasteiger partial charge >= 0.3 is 0 Å². The van der Waals surface area contributed by atoms with Crippen molar-refractivity contribution in [2.24, 2.45) is 0 Å². The Balaban J connectivity index is 1.64. The fraction of sp³-hybridized carbons (Fsp3) is 0.250. The number of thiophene rings is 1. The predicted molar refractivity (Wildman–Crippen MR) is 110 cm³/mol. The molecule has 3 rings (SSSR count). The minimum Gasteiger partial charge on any atom is -0.326 e. The molecule has 0 aliphatic heterocycles. The van der Waals surface area contributed by atoms with Crippen LogP contribution < -0.4 is 5.32 Å². The highest BCUT2D eigenvalue weighted by Crippen LogP contribution is 2.25. The molecular weight excluding hydrogens is 362 g/mol. The Labute approximate surface area is 162 Å². The molecule has 0 fully saturated rings. The van der Waals surface area contributed by atoms with Crippen molar-refractivity contribution in [2.75, 3.05) is 11.6 Å². The van der Waals surface area contributed by atoms with E-state index >= 15 is 0 Å². The number of nitrogens with zero attached hydrogens (tertiary/aromatic N) is 2. The molecule has 1 amide bonds. The Hall–Kier alpha value is -2.18. The first-order chi connectivity index (χ1) is 12.6. The van der Waals surface area contributed by atoms with E-state index in [0.717, 1.165) is 33.4 Å². The summed E-state index contributed by atoms with van der Waals surface area (Å²) >= 11 is 3.20. The van der Waals surface area contributed by atoms with E-state index in [-0.39, 0.29) is 5.91 Å². The van der Waals surface area contributed by atoms with Crippen LogP contribution >= 0.6 is 23.1 Å². The summed E-state index contributed by atoms with van der Waals surface area (Å²) in [6.07, 6.45) is 3.01. The van der Waals surface area contributed by atoms with Crippen LogP contribution in [-0.4, -0.2) is 22.1 Å². The van der Waals surface area contributed by atoms with Crippen molar-refractivity contribution in [2.45, 2.75) is 31.8 Å². The fourth-order valence-electron chi connectivity index (χ4n) is 2.83. The molecule has 0 atom stereocenters. The maximum atomic E-state index is 12.4. The first-order valence-electron chi connectivity index (χ1n) is 8.37. The van der Waals surface area contributed by atoms with Crippen LogP contribution in [0.25, 0.3) is 11.1 Å². The number of rotatable bonds is 6. The molecule has 0 saturated heterocycles. The van der Waals surface area contributed by atoms with Gasteiger partial charge in [-0.3, -0.25) is 4.79 Å². The number of benzene rings is 1. The van der Waals surface area contributed by atoms with Crippen molar-refractivity contribution in [1.82, 2.24) is 9.97 Å². The zero-order valence-corrected chi connectivity index (χ0v) is 16.7. The average Bonchev–Trinajstić information content (AvgIpc) is 3.15. The van der Waals surface area contributed by atoms with E-state index < -0.39 is 0 Å². The molecule has 0 radical (unpaired) electrons. The number of anilines is 1. The smallest absolute Gasteiger partial charge is 0.224 e. The van der Waals surface area contributed by atoms with Crippen LogP contribution in [0, 0.1) is 13.8 Å². The SMILES string of the molecule is CSc1nc(C)c(CCC(=O)Nc2cccc(-c3ccsc3)c2)c(C)n1. The summed E-state index contributed by atoms with van der Waals surface area (Å²) in [5.74, 6) is 0.000196. The van der Waals surface area contributed by atoms with Gasteiger partial charge in [-0.05, 0) is 72.2 Å². The Kier molecular flexibility index (Phi) is 6.06. The number of amides is 1. The van der Waals surface area contributed by atoms with E-state index in [9.17, 15) is 4.79 Å². The van der Waals surface area contributed by atoms with E-state index in [4.69, 9.17) is 0 Å². The minimum atomic E-state index is 0.000196. The van der Waals surface area contributed by atoms with Gasteiger partial charge in [0.15, 0.2) is 5.16 Å². The molecule has 1 aromatic carbocycles. The fourth-order valence-corrected chi connectivity index (χ4v) is 3.95. The van der Waals surface area contributed by atoms with Gasteiger partial charge in [-0.2, -0.15) is 11.3 Å². The highest BCUT2D eigenvalue weighted by atomic mass is 32.2. The molecule has 0 saturated carbocycles. The predicted octanol–water partition coefficient (Wildman–Crippen LogP) is 5.12. The Morgan fingerprint density at radius 1 is 1.15 bits per heavy atom. The summed E-state index contributed by atoms with van der Waals surface area (Å²) in [6, 6.07) is 10.0. The molecule has 0 aliphatic rings. The van der Waals surface area contributed by atoms with Crippen LogP contribution in [-0.2, 0) is 11.2 Å². The summed E-state index contributed by atoms with van der Waals surface area (Å²) in [7, 11) is 0. The molecule has 2 aromatic heterocycles. The topological polar surface area (TPSA) is 54.9 Å². The number of hydrogen-bond acceptors (Lipinski definition) is 5. The van der Waals surface area contributed by atoms with E-state index in [1.54, 1.807) is 11.3 Å². The third kappa shape index (κ3) is 4.51. The first-order valence-corrected chi connectivity index (χ1v) is 10.5. The van der Waals surface area contributed by atoms with E-state index in [1.165, 1.54) is 17.3 Å². The van der Waals surface area contributed by atoms with Crippen molar-refractivity contribution < 1.29 is 4.79 Å². The van der Waals surface area contributed by atoms with Crippen LogP contribution in [0.3, 0.4) is 0 Å². The normalized spacial score (nSPS) is 10.7. The summed E-state index contributed by atoms with van der Waals surface area (Å²) < 4.78 is 0. The lowest BCUT2D eigenvalue weighted by Crippen LogP contribution is -2.13. The van der Waals surface area contributed by atoms with Crippen LogP contribution in [0.1, 0.15) is 23.4 Å². The Morgan fingerprint density at radius 3 is 2.58 bits per heavy atom. The van der Waals surface area contributed by atoms with Gasteiger partial charge in [0.25, 0.3) is 0 Å². The van der Waals surface area contributed by atoms with E-state index in [1.807, 2.05) is 38.3 Å². The van der Waals surface area contributed by atoms with Crippen LogP contribution in [0.4, 0.5) is 5.69 Å². The summed E-state index contributed by atoms with van der Waals surface area (Å²) in [5, 5.41) is 7.93. The number of aryl methyl sites for hydroxylation is 2. The van der Waals surface area contributed by atoms with Gasteiger partial charge in [0, 0.05) is 23.5 Å². The third-order valence-electron chi connectivity index (χ3n) is 4.19. The lowest BCUT2D eigenvalue weighted by atomic mass is 10.1. The molecule has 0 spiro atoms. The first kappa shape index (κ1) is 18.6. The maximum absolute atomic E-state index is 12.4. The van der Waals surface area contributed by atoms with E-state index in [0.29, 0.717) is 12.8 Å². The lowest BCUT2D eigenvalue weighted by Gasteiger charge is -2.11. The van der Waals surface area contributed by atoms with Crippen LogP contribution in [0.5, 0.6) is 0 Å². The number of hydrogen-bond donors (Lipinski definition) is 1. The number of nitrogens with one attached hydrogen (secondary N) is 1. The molecular formula is C20H21N3OS2. The average molecular weight is 384 g/mol. The Morgan fingerprint density at radius 2 is 1.92 bits per heavy atom. The maximum Gasteiger partial charge on any atom is 0.224 e.